The van der Waals surface area contributed by atoms with Crippen molar-refractivity contribution in [2.45, 2.75) is 6.18 Å². The summed E-state index contributed by atoms with van der Waals surface area (Å²) >= 11 is 0. The maximum absolute atomic E-state index is 12.9. The molecule has 26 heavy (non-hydrogen) atoms. The van der Waals surface area contributed by atoms with Crippen molar-refractivity contribution < 1.29 is 27.6 Å². The number of rotatable bonds is 2. The van der Waals surface area contributed by atoms with Gasteiger partial charge in [-0.05, 0) is 36.4 Å². The van der Waals surface area contributed by atoms with Gasteiger partial charge in [-0.15, -0.1) is 0 Å². The number of anilines is 1. The van der Waals surface area contributed by atoms with Crippen LogP contribution in [0.5, 0.6) is 0 Å². The van der Waals surface area contributed by atoms with Gasteiger partial charge in [-0.25, -0.2) is 9.69 Å². The Morgan fingerprint density at radius 2 is 1.81 bits per heavy atom. The Kier molecular flexibility index (Phi) is 4.15. The van der Waals surface area contributed by atoms with E-state index in [1.54, 1.807) is 29.9 Å². The first-order valence-electron chi connectivity index (χ1n) is 7.38. The van der Waals surface area contributed by atoms with Crippen LogP contribution in [0, 0.1) is 0 Å². The standard InChI is InChI=1S/C17H12F3N3O3/c1-22-7-3-6-11(22)9-13-14(24)21-16(26)23(15(13)25)12-5-2-4-10(8-12)17(18,19)20/h2-9H,1H3,(H,21,24,26)/b13-9+. The van der Waals surface area contributed by atoms with E-state index in [-0.39, 0.29) is 11.3 Å². The number of amides is 4. The summed E-state index contributed by atoms with van der Waals surface area (Å²) < 4.78 is 40.3. The van der Waals surface area contributed by atoms with Crippen LogP contribution in [0.1, 0.15) is 11.3 Å². The van der Waals surface area contributed by atoms with Crippen molar-refractivity contribution in [3.63, 3.8) is 0 Å². The van der Waals surface area contributed by atoms with Gasteiger partial charge in [0.25, 0.3) is 11.8 Å². The van der Waals surface area contributed by atoms with Crippen LogP contribution in [-0.2, 0) is 22.8 Å². The lowest BCUT2D eigenvalue weighted by Crippen LogP contribution is -2.54. The molecule has 9 heteroatoms. The number of urea groups is 1. The quantitative estimate of drug-likeness (QED) is 0.659. The van der Waals surface area contributed by atoms with Gasteiger partial charge in [0.15, 0.2) is 0 Å². The molecule has 0 bridgehead atoms. The van der Waals surface area contributed by atoms with Crippen molar-refractivity contribution in [1.29, 1.82) is 0 Å². The molecule has 0 saturated carbocycles. The molecule has 0 atom stereocenters. The molecule has 134 valence electrons. The van der Waals surface area contributed by atoms with Gasteiger partial charge in [0.2, 0.25) is 0 Å². The number of alkyl halides is 3. The largest absolute Gasteiger partial charge is 0.416 e. The second-order valence-corrected chi connectivity index (χ2v) is 5.55. The average Bonchev–Trinajstić information content (AvgIpc) is 2.96. The molecule has 0 spiro atoms. The maximum atomic E-state index is 12.9. The lowest BCUT2D eigenvalue weighted by molar-refractivity contribution is -0.137. The van der Waals surface area contributed by atoms with E-state index in [4.69, 9.17) is 0 Å². The van der Waals surface area contributed by atoms with Crippen molar-refractivity contribution in [2.75, 3.05) is 4.90 Å². The molecule has 1 aromatic carbocycles. The summed E-state index contributed by atoms with van der Waals surface area (Å²) in [6.45, 7) is 0. The van der Waals surface area contributed by atoms with Crippen molar-refractivity contribution in [2.24, 2.45) is 7.05 Å². The van der Waals surface area contributed by atoms with Crippen molar-refractivity contribution >= 4 is 29.6 Å². The summed E-state index contributed by atoms with van der Waals surface area (Å²) in [4.78, 5) is 37.2. The molecule has 4 amide bonds. The van der Waals surface area contributed by atoms with E-state index in [1.165, 1.54) is 12.1 Å². The van der Waals surface area contributed by atoms with E-state index >= 15 is 0 Å². The molecular formula is C17H12F3N3O3. The van der Waals surface area contributed by atoms with Crippen molar-refractivity contribution in [3.8, 4) is 0 Å². The van der Waals surface area contributed by atoms with Crippen LogP contribution in [0.15, 0.2) is 48.2 Å². The number of benzene rings is 1. The number of nitrogens with one attached hydrogen (secondary N) is 1. The van der Waals surface area contributed by atoms with Gasteiger partial charge in [0, 0.05) is 18.9 Å². The number of imide groups is 2. The molecule has 2 aromatic rings. The average molecular weight is 363 g/mol. The van der Waals surface area contributed by atoms with E-state index in [0.29, 0.717) is 16.7 Å². The zero-order valence-electron chi connectivity index (χ0n) is 13.4. The SMILES string of the molecule is Cn1cccc1/C=C1\C(=O)NC(=O)N(c2cccc(C(F)(F)F)c2)C1=O. The van der Waals surface area contributed by atoms with Crippen LogP contribution < -0.4 is 10.2 Å². The van der Waals surface area contributed by atoms with Gasteiger partial charge < -0.3 is 4.57 Å². The summed E-state index contributed by atoms with van der Waals surface area (Å²) in [6, 6.07) is 5.97. The monoisotopic (exact) mass is 363 g/mol. The summed E-state index contributed by atoms with van der Waals surface area (Å²) in [5, 5.41) is 1.97. The molecule has 1 saturated heterocycles. The van der Waals surface area contributed by atoms with Crippen LogP contribution in [0.25, 0.3) is 6.08 Å². The fourth-order valence-electron chi connectivity index (χ4n) is 2.49. The third-order valence-corrected chi connectivity index (χ3v) is 3.81. The van der Waals surface area contributed by atoms with E-state index < -0.39 is 29.6 Å². The number of barbiturate groups is 1. The Bertz CT molecular complexity index is 944. The predicted octanol–water partition coefficient (Wildman–Crippen LogP) is 2.71. The number of aryl methyl sites for hydroxylation is 1. The second-order valence-electron chi connectivity index (χ2n) is 5.55. The Hall–Kier alpha value is -3.36. The highest BCUT2D eigenvalue weighted by Gasteiger charge is 2.38. The molecule has 1 aromatic heterocycles. The fourth-order valence-corrected chi connectivity index (χ4v) is 2.49. The normalized spacial score (nSPS) is 17.0. The number of hydrogen-bond donors (Lipinski definition) is 1. The third kappa shape index (κ3) is 3.10. The van der Waals surface area contributed by atoms with E-state index in [0.717, 1.165) is 12.1 Å². The molecule has 3 rings (SSSR count). The highest BCUT2D eigenvalue weighted by Crippen LogP contribution is 2.32. The third-order valence-electron chi connectivity index (χ3n) is 3.81. The van der Waals surface area contributed by atoms with Gasteiger partial charge in [0.1, 0.15) is 5.57 Å². The van der Waals surface area contributed by atoms with Crippen molar-refractivity contribution in [3.05, 3.63) is 59.4 Å². The minimum atomic E-state index is -4.64. The topological polar surface area (TPSA) is 71.4 Å². The van der Waals surface area contributed by atoms with Crippen LogP contribution in [0.2, 0.25) is 0 Å². The van der Waals surface area contributed by atoms with E-state index in [1.807, 2.05) is 5.32 Å². The summed E-state index contributed by atoms with van der Waals surface area (Å²) in [5.41, 5.74) is -1.14. The van der Waals surface area contributed by atoms with Gasteiger partial charge in [-0.3, -0.25) is 14.9 Å². The first-order valence-corrected chi connectivity index (χ1v) is 7.38. The molecule has 2 heterocycles. The zero-order chi connectivity index (χ0) is 19.1. The van der Waals surface area contributed by atoms with Crippen LogP contribution in [-0.4, -0.2) is 22.4 Å². The summed E-state index contributed by atoms with van der Waals surface area (Å²) in [6.07, 6.45) is -1.68. The van der Waals surface area contributed by atoms with Gasteiger partial charge in [0.05, 0.1) is 11.3 Å². The number of aromatic nitrogens is 1. The molecular weight excluding hydrogens is 351 g/mol. The molecule has 1 aliphatic rings. The Morgan fingerprint density at radius 1 is 1.08 bits per heavy atom. The minimum absolute atomic E-state index is 0.285. The van der Waals surface area contributed by atoms with Crippen LogP contribution >= 0.6 is 0 Å². The predicted molar refractivity (Wildman–Crippen MR) is 85.9 cm³/mol. The van der Waals surface area contributed by atoms with Gasteiger partial charge in [-0.1, -0.05) is 6.07 Å². The number of hydrogen-bond acceptors (Lipinski definition) is 3. The highest BCUT2D eigenvalue weighted by molar-refractivity contribution is 6.39. The fraction of sp³-hybridized carbons (Fsp3) is 0.118. The van der Waals surface area contributed by atoms with Crippen LogP contribution in [0.4, 0.5) is 23.7 Å². The molecule has 0 radical (unpaired) electrons. The number of halogens is 3. The number of carbonyl (C=O) groups excluding carboxylic acids is 3. The molecule has 0 unspecified atom stereocenters. The first-order chi connectivity index (χ1) is 12.2. The lowest BCUT2D eigenvalue weighted by Gasteiger charge is -2.26. The molecule has 6 nitrogen and oxygen atoms in total. The molecule has 1 N–H and O–H groups in total. The van der Waals surface area contributed by atoms with Crippen LogP contribution in [0.3, 0.4) is 0 Å². The summed E-state index contributed by atoms with van der Waals surface area (Å²) in [7, 11) is 1.69. The maximum Gasteiger partial charge on any atom is 0.416 e. The Morgan fingerprint density at radius 3 is 2.42 bits per heavy atom. The lowest BCUT2D eigenvalue weighted by atomic mass is 10.1. The summed E-state index contributed by atoms with van der Waals surface area (Å²) in [5.74, 6) is -1.91. The van der Waals surface area contributed by atoms with E-state index in [9.17, 15) is 27.6 Å². The van der Waals surface area contributed by atoms with Crippen molar-refractivity contribution in [1.82, 2.24) is 9.88 Å². The highest BCUT2D eigenvalue weighted by atomic mass is 19.4. The zero-order valence-corrected chi connectivity index (χ0v) is 13.4. The molecule has 0 aliphatic carbocycles. The number of carbonyl (C=O) groups is 3. The second kappa shape index (κ2) is 6.17. The minimum Gasteiger partial charge on any atom is -0.351 e. The van der Waals surface area contributed by atoms with E-state index in [2.05, 4.69) is 0 Å². The first kappa shape index (κ1) is 17.5. The Labute approximate surface area is 145 Å². The van der Waals surface area contributed by atoms with Gasteiger partial charge in [-0.2, -0.15) is 13.2 Å². The van der Waals surface area contributed by atoms with Gasteiger partial charge >= 0.3 is 12.2 Å². The number of nitrogens with zero attached hydrogens (tertiary/aromatic N) is 2. The smallest absolute Gasteiger partial charge is 0.351 e. The molecule has 1 fully saturated rings. The molecule has 1 aliphatic heterocycles. The Balaban J connectivity index is 2.04.